The molecule has 6 aromatic carbocycles. The van der Waals surface area contributed by atoms with Crippen LogP contribution in [0.4, 0.5) is 0 Å². The third-order valence-corrected chi connectivity index (χ3v) is 11.9. The molecule has 0 aromatic heterocycles. The minimum atomic E-state index is -4.48. The van der Waals surface area contributed by atoms with Crippen LogP contribution in [0, 0.1) is 0 Å². The molecule has 0 saturated heterocycles. The van der Waals surface area contributed by atoms with Gasteiger partial charge in [0, 0.05) is 0 Å². The van der Waals surface area contributed by atoms with Gasteiger partial charge in [-0.1, -0.05) is 170 Å². The van der Waals surface area contributed by atoms with Gasteiger partial charge >= 0.3 is 7.82 Å². The normalized spacial score (nSPS) is 20.0. The first kappa shape index (κ1) is 45.8. The van der Waals surface area contributed by atoms with Crippen molar-refractivity contribution >= 4 is 7.82 Å². The lowest BCUT2D eigenvalue weighted by molar-refractivity contribution is -0.277. The molecule has 0 bridgehead atoms. The Morgan fingerprint density at radius 1 is 0.413 bits per heavy atom. The summed E-state index contributed by atoms with van der Waals surface area (Å²) < 4.78 is 74.6. The zero-order valence-corrected chi connectivity index (χ0v) is 36.4. The summed E-state index contributed by atoms with van der Waals surface area (Å²) in [7, 11) is -2.85. The molecule has 0 aliphatic heterocycles. The predicted octanol–water partition coefficient (Wildman–Crippen LogP) is 10.8. The fraction of sp³-hybridized carbons (Fsp3) is 0.269. The number of hydrogen-bond donors (Lipinski definition) is 0. The van der Waals surface area contributed by atoms with E-state index in [-0.39, 0.29) is 46.2 Å². The van der Waals surface area contributed by atoms with Crippen LogP contribution in [-0.2, 0) is 81.5 Å². The topological polar surface area (TPSA) is 100 Å². The molecule has 10 nitrogen and oxygen atoms in total. The molecule has 0 N–H and O–H groups in total. The number of hydrogen-bond acceptors (Lipinski definition) is 10. The van der Waals surface area contributed by atoms with Gasteiger partial charge in [-0.05, 0) is 45.5 Å². The average molecular weight is 871 g/mol. The SMILES string of the molecule is C=CCO[C@H]1[C@@H](OCc2ccccc2)[C@H](OCc2ccccc2)[C@@H](OCc2ccccc2)[C@H](OCc2ccc(OC)cc2)[C@H]1OP(=O)(OCc1ccccc1)OCc1ccccc1. The Morgan fingerprint density at radius 3 is 1.05 bits per heavy atom. The summed E-state index contributed by atoms with van der Waals surface area (Å²) >= 11 is 0. The number of phosphoric ester groups is 1. The van der Waals surface area contributed by atoms with Gasteiger partial charge in [0.25, 0.3) is 0 Å². The maximum absolute atomic E-state index is 15.4. The second-order valence-corrected chi connectivity index (χ2v) is 16.7. The molecule has 328 valence electrons. The van der Waals surface area contributed by atoms with Crippen LogP contribution in [0.3, 0.4) is 0 Å². The van der Waals surface area contributed by atoms with Crippen molar-refractivity contribution in [2.45, 2.75) is 76.3 Å². The summed E-state index contributed by atoms with van der Waals surface area (Å²) in [6.45, 7) is 4.70. The van der Waals surface area contributed by atoms with Crippen molar-refractivity contribution in [2.75, 3.05) is 13.7 Å². The van der Waals surface area contributed by atoms with Crippen molar-refractivity contribution in [2.24, 2.45) is 0 Å². The van der Waals surface area contributed by atoms with Crippen LogP contribution in [0.5, 0.6) is 5.75 Å². The quantitative estimate of drug-likeness (QED) is 0.0432. The minimum Gasteiger partial charge on any atom is -0.497 e. The zero-order chi connectivity index (χ0) is 43.5. The van der Waals surface area contributed by atoms with Gasteiger partial charge in [-0.3, -0.25) is 13.6 Å². The van der Waals surface area contributed by atoms with Crippen LogP contribution in [-0.4, -0.2) is 50.3 Å². The van der Waals surface area contributed by atoms with E-state index in [0.29, 0.717) is 5.75 Å². The van der Waals surface area contributed by atoms with E-state index in [1.165, 1.54) is 0 Å². The van der Waals surface area contributed by atoms with Gasteiger partial charge in [0.2, 0.25) is 0 Å². The van der Waals surface area contributed by atoms with E-state index in [2.05, 4.69) is 6.58 Å². The molecule has 63 heavy (non-hydrogen) atoms. The molecular weight excluding hydrogens is 816 g/mol. The van der Waals surface area contributed by atoms with E-state index in [4.69, 9.17) is 42.0 Å². The van der Waals surface area contributed by atoms with Gasteiger partial charge < -0.3 is 28.4 Å². The first-order chi connectivity index (χ1) is 31.0. The Balaban J connectivity index is 1.33. The fourth-order valence-corrected chi connectivity index (χ4v) is 8.64. The molecule has 6 aromatic rings. The van der Waals surface area contributed by atoms with Crippen molar-refractivity contribution in [3.05, 3.63) is 222 Å². The lowest BCUT2D eigenvalue weighted by atomic mass is 9.83. The summed E-state index contributed by atoms with van der Waals surface area (Å²) in [4.78, 5) is 0. The van der Waals surface area contributed by atoms with E-state index in [1.807, 2.05) is 176 Å². The molecule has 0 unspecified atom stereocenters. The summed E-state index contributed by atoms with van der Waals surface area (Å²) in [6, 6.07) is 56.1. The molecular formula is C52H55O10P. The van der Waals surface area contributed by atoms with E-state index >= 15 is 4.57 Å². The van der Waals surface area contributed by atoms with Crippen LogP contribution in [0.15, 0.2) is 189 Å². The molecule has 0 spiro atoms. The number of phosphoric acid groups is 1. The molecule has 1 aliphatic rings. The van der Waals surface area contributed by atoms with E-state index in [0.717, 1.165) is 33.4 Å². The molecule has 1 saturated carbocycles. The van der Waals surface area contributed by atoms with Gasteiger partial charge in [-0.2, -0.15) is 0 Å². The maximum atomic E-state index is 15.4. The van der Waals surface area contributed by atoms with E-state index < -0.39 is 44.4 Å². The van der Waals surface area contributed by atoms with Gasteiger partial charge in [-0.25, -0.2) is 4.57 Å². The highest BCUT2D eigenvalue weighted by molar-refractivity contribution is 7.48. The Morgan fingerprint density at radius 2 is 0.714 bits per heavy atom. The zero-order valence-electron chi connectivity index (χ0n) is 35.5. The average Bonchev–Trinajstić information content (AvgIpc) is 3.34. The molecule has 1 fully saturated rings. The monoisotopic (exact) mass is 870 g/mol. The smallest absolute Gasteiger partial charge is 0.475 e. The maximum Gasteiger partial charge on any atom is 0.475 e. The molecule has 0 amide bonds. The van der Waals surface area contributed by atoms with Crippen molar-refractivity contribution in [3.8, 4) is 5.75 Å². The van der Waals surface area contributed by atoms with Crippen LogP contribution in [0.2, 0.25) is 0 Å². The summed E-state index contributed by atoms with van der Waals surface area (Å²) in [5.74, 6) is 0.708. The Labute approximate surface area is 370 Å². The molecule has 1 aliphatic carbocycles. The standard InChI is InChI=1S/C52H55O10P/c1-3-33-55-50-48(57-35-41-21-11-5-12-22-41)47(56-34-40-19-9-4-10-20-40)49(58-36-42-23-13-6-14-24-42)51(59-37-45-29-31-46(54-2)32-30-45)52(50)62-63(53,60-38-43-25-15-7-16-26-43)61-39-44-27-17-8-18-28-44/h3-32,47-52H,1,33-39H2,2H3/t47-,48-,49+,50-,51-,52-/m0/s1. The first-order valence-electron chi connectivity index (χ1n) is 21.1. The van der Waals surface area contributed by atoms with Crippen molar-refractivity contribution in [1.82, 2.24) is 0 Å². The number of ether oxygens (including phenoxy) is 6. The van der Waals surface area contributed by atoms with Gasteiger partial charge in [-0.15, -0.1) is 6.58 Å². The minimum absolute atomic E-state index is 0.0557. The van der Waals surface area contributed by atoms with E-state index in [9.17, 15) is 0 Å². The summed E-state index contributed by atoms with van der Waals surface area (Å²) in [5.41, 5.74) is 5.23. The number of methoxy groups -OCH3 is 1. The lowest BCUT2D eigenvalue weighted by Gasteiger charge is -2.49. The molecule has 11 heteroatoms. The molecule has 0 radical (unpaired) electrons. The Hall–Kier alpha value is -5.23. The summed E-state index contributed by atoms with van der Waals surface area (Å²) in [5, 5.41) is 0. The van der Waals surface area contributed by atoms with Gasteiger partial charge in [0.1, 0.15) is 42.4 Å². The van der Waals surface area contributed by atoms with Crippen molar-refractivity contribution in [1.29, 1.82) is 0 Å². The van der Waals surface area contributed by atoms with Crippen LogP contribution in [0.1, 0.15) is 33.4 Å². The van der Waals surface area contributed by atoms with E-state index in [1.54, 1.807) is 13.2 Å². The van der Waals surface area contributed by atoms with Crippen molar-refractivity contribution in [3.63, 3.8) is 0 Å². The largest absolute Gasteiger partial charge is 0.497 e. The molecule has 6 atom stereocenters. The lowest BCUT2D eigenvalue weighted by Crippen LogP contribution is -2.67. The second kappa shape index (κ2) is 24.0. The summed E-state index contributed by atoms with van der Waals surface area (Å²) in [6.07, 6.45) is -4.03. The highest BCUT2D eigenvalue weighted by Crippen LogP contribution is 2.54. The first-order valence-corrected chi connectivity index (χ1v) is 22.6. The Bertz CT molecular complexity index is 2200. The fourth-order valence-electron chi connectivity index (χ4n) is 7.29. The molecule has 0 heterocycles. The van der Waals surface area contributed by atoms with Crippen LogP contribution in [0.25, 0.3) is 0 Å². The third-order valence-electron chi connectivity index (χ3n) is 10.5. The number of benzene rings is 6. The van der Waals surface area contributed by atoms with Gasteiger partial charge in [0.15, 0.2) is 0 Å². The highest BCUT2D eigenvalue weighted by atomic mass is 31.2. The molecule has 7 rings (SSSR count). The van der Waals surface area contributed by atoms with Crippen LogP contribution >= 0.6 is 7.82 Å². The van der Waals surface area contributed by atoms with Crippen molar-refractivity contribution < 1.29 is 46.6 Å². The number of rotatable bonds is 24. The second-order valence-electron chi connectivity index (χ2n) is 15.0. The van der Waals surface area contributed by atoms with Crippen LogP contribution < -0.4 is 4.74 Å². The predicted molar refractivity (Wildman–Crippen MR) is 242 cm³/mol. The third kappa shape index (κ3) is 13.6. The Kier molecular flexibility index (Phi) is 17.4. The van der Waals surface area contributed by atoms with Gasteiger partial charge in [0.05, 0.1) is 53.4 Å². The highest BCUT2D eigenvalue weighted by Gasteiger charge is 2.57.